The van der Waals surface area contributed by atoms with E-state index in [1.54, 1.807) is 6.33 Å². The second-order valence-electron chi connectivity index (χ2n) is 13.8. The number of nitriles is 1. The summed E-state index contributed by atoms with van der Waals surface area (Å²) < 4.78 is 1.97. The number of aromatic nitrogens is 4. The minimum atomic E-state index is -0.320. The van der Waals surface area contributed by atoms with E-state index in [4.69, 9.17) is 4.98 Å². The Kier molecular flexibility index (Phi) is 8.37. The van der Waals surface area contributed by atoms with Crippen LogP contribution in [-0.4, -0.2) is 31.7 Å². The second kappa shape index (κ2) is 12.2. The molecular formula is C35H45N7O. The standard InChI is InChI=1S/C35H45N7O/c1-34(2)16-14-29-25(22-37-27-11-7-5-4-6-8-12-27)18-30(40-31(29)34)32(43)39-28-13-9-10-26(19-28)35(20-24(21-35)15-17-36)33-41-38-23-42(33)3/h9-10,13,18-19,23-24,27,37H,4-8,11-12,14-16,20-22H2,1-3H3,(H,39,43). The molecule has 0 aliphatic heterocycles. The molecule has 6 rings (SSSR count). The molecule has 2 saturated carbocycles. The zero-order valence-electron chi connectivity index (χ0n) is 26.0. The number of amides is 1. The minimum absolute atomic E-state index is 0.0484. The number of aryl methyl sites for hydroxylation is 1. The normalized spacial score (nSPS) is 23.4. The predicted octanol–water partition coefficient (Wildman–Crippen LogP) is 6.50. The molecule has 0 bridgehead atoms. The smallest absolute Gasteiger partial charge is 0.274 e. The largest absolute Gasteiger partial charge is 0.321 e. The number of hydrogen-bond donors (Lipinski definition) is 2. The lowest BCUT2D eigenvalue weighted by Crippen LogP contribution is -2.44. The molecule has 0 spiro atoms. The van der Waals surface area contributed by atoms with Crippen molar-refractivity contribution in [1.82, 2.24) is 25.1 Å². The van der Waals surface area contributed by atoms with E-state index in [9.17, 15) is 10.1 Å². The van der Waals surface area contributed by atoms with Crippen molar-refractivity contribution in [1.29, 1.82) is 5.26 Å². The van der Waals surface area contributed by atoms with Crippen LogP contribution >= 0.6 is 0 Å². The van der Waals surface area contributed by atoms with Gasteiger partial charge in [-0.25, -0.2) is 4.98 Å². The third kappa shape index (κ3) is 5.97. The van der Waals surface area contributed by atoms with Crippen LogP contribution in [0.3, 0.4) is 0 Å². The van der Waals surface area contributed by atoms with Crippen molar-refractivity contribution in [2.75, 3.05) is 5.32 Å². The highest BCUT2D eigenvalue weighted by Gasteiger charge is 2.49. The number of fused-ring (bicyclic) bond motifs is 1. The number of rotatable bonds is 8. The molecule has 0 saturated heterocycles. The van der Waals surface area contributed by atoms with E-state index < -0.39 is 0 Å². The molecule has 226 valence electrons. The maximum Gasteiger partial charge on any atom is 0.274 e. The second-order valence-corrected chi connectivity index (χ2v) is 13.8. The zero-order valence-corrected chi connectivity index (χ0v) is 26.0. The summed E-state index contributed by atoms with van der Waals surface area (Å²) in [5, 5.41) is 24.9. The van der Waals surface area contributed by atoms with Crippen LogP contribution in [0.1, 0.15) is 123 Å². The fourth-order valence-electron chi connectivity index (χ4n) is 7.76. The highest BCUT2D eigenvalue weighted by atomic mass is 16.1. The molecule has 3 aliphatic rings. The van der Waals surface area contributed by atoms with E-state index in [0.29, 0.717) is 24.1 Å². The van der Waals surface area contributed by atoms with E-state index in [0.717, 1.165) is 55.0 Å². The fraction of sp³-hybridized carbons (Fsp3) is 0.571. The van der Waals surface area contributed by atoms with Crippen molar-refractivity contribution in [2.24, 2.45) is 13.0 Å². The van der Waals surface area contributed by atoms with Crippen molar-refractivity contribution in [3.63, 3.8) is 0 Å². The Morgan fingerprint density at radius 2 is 1.88 bits per heavy atom. The van der Waals surface area contributed by atoms with Crippen LogP contribution in [0.2, 0.25) is 0 Å². The van der Waals surface area contributed by atoms with Gasteiger partial charge in [0.2, 0.25) is 0 Å². The Morgan fingerprint density at radius 1 is 1.12 bits per heavy atom. The summed E-state index contributed by atoms with van der Waals surface area (Å²) in [6.07, 6.45) is 15.1. The topological polar surface area (TPSA) is 109 Å². The predicted molar refractivity (Wildman–Crippen MR) is 168 cm³/mol. The number of hydrogen-bond acceptors (Lipinski definition) is 6. The van der Waals surface area contributed by atoms with Crippen molar-refractivity contribution in [3.05, 3.63) is 70.6 Å². The lowest BCUT2D eigenvalue weighted by atomic mass is 9.57. The Morgan fingerprint density at radius 3 is 2.60 bits per heavy atom. The zero-order chi connectivity index (χ0) is 30.0. The first kappa shape index (κ1) is 29.5. The number of nitrogens with zero attached hydrogens (tertiary/aromatic N) is 5. The first-order chi connectivity index (χ1) is 20.8. The molecule has 2 fully saturated rings. The lowest BCUT2D eigenvalue weighted by Gasteiger charge is -2.46. The van der Waals surface area contributed by atoms with Crippen LogP contribution in [0.25, 0.3) is 0 Å². The average molecular weight is 580 g/mol. The summed E-state index contributed by atoms with van der Waals surface area (Å²) in [5.74, 6) is 1.04. The molecule has 3 aliphatic carbocycles. The quantitative estimate of drug-likeness (QED) is 0.315. The maximum absolute atomic E-state index is 13.8. The third-order valence-corrected chi connectivity index (χ3v) is 10.2. The number of carbonyl (C=O) groups excluding carboxylic acids is 1. The van der Waals surface area contributed by atoms with Gasteiger partial charge >= 0.3 is 0 Å². The first-order valence-electron chi connectivity index (χ1n) is 16.2. The molecule has 1 amide bonds. The third-order valence-electron chi connectivity index (χ3n) is 10.2. The Balaban J connectivity index is 1.24. The van der Waals surface area contributed by atoms with Gasteiger partial charge in [-0.15, -0.1) is 10.2 Å². The Labute approximate surface area is 255 Å². The summed E-state index contributed by atoms with van der Waals surface area (Å²) in [5.41, 5.74) is 5.55. The van der Waals surface area contributed by atoms with Crippen LogP contribution in [0, 0.1) is 17.2 Å². The number of anilines is 1. The molecule has 2 heterocycles. The Hall–Kier alpha value is -3.57. The van der Waals surface area contributed by atoms with E-state index in [-0.39, 0.29) is 16.7 Å². The molecule has 0 atom stereocenters. The monoisotopic (exact) mass is 579 g/mol. The van der Waals surface area contributed by atoms with Gasteiger partial charge in [0.15, 0.2) is 0 Å². The highest BCUT2D eigenvalue weighted by molar-refractivity contribution is 6.03. The summed E-state index contributed by atoms with van der Waals surface area (Å²) >= 11 is 0. The molecule has 43 heavy (non-hydrogen) atoms. The maximum atomic E-state index is 13.8. The van der Waals surface area contributed by atoms with E-state index >= 15 is 0 Å². The summed E-state index contributed by atoms with van der Waals surface area (Å²) in [6, 6.07) is 13.0. The average Bonchev–Trinajstić information content (AvgIpc) is 3.52. The summed E-state index contributed by atoms with van der Waals surface area (Å²) in [6.45, 7) is 5.27. The van der Waals surface area contributed by atoms with Crippen LogP contribution in [0.15, 0.2) is 36.7 Å². The van der Waals surface area contributed by atoms with Crippen LogP contribution in [0.4, 0.5) is 5.69 Å². The first-order valence-corrected chi connectivity index (χ1v) is 16.2. The SMILES string of the molecule is Cn1cnnc1C1(c2cccc(NC(=O)c3cc(CNC4CCCCCCC4)c4c(n3)C(C)(C)CC4)c2)CC(CC#N)C1. The number of nitrogens with one attached hydrogen (secondary N) is 2. The van der Waals surface area contributed by atoms with Gasteiger partial charge < -0.3 is 15.2 Å². The van der Waals surface area contributed by atoms with E-state index in [2.05, 4.69) is 52.9 Å². The molecule has 2 aromatic heterocycles. The van der Waals surface area contributed by atoms with Crippen molar-refractivity contribution in [2.45, 2.75) is 114 Å². The van der Waals surface area contributed by atoms with Crippen LogP contribution in [0.5, 0.6) is 0 Å². The van der Waals surface area contributed by atoms with Gasteiger partial charge in [0.05, 0.1) is 17.2 Å². The fourth-order valence-corrected chi connectivity index (χ4v) is 7.76. The highest BCUT2D eigenvalue weighted by Crippen LogP contribution is 2.53. The van der Waals surface area contributed by atoms with Crippen molar-refractivity contribution in [3.8, 4) is 6.07 Å². The van der Waals surface area contributed by atoms with Gasteiger partial charge in [-0.1, -0.05) is 58.1 Å². The van der Waals surface area contributed by atoms with Crippen molar-refractivity contribution >= 4 is 11.6 Å². The van der Waals surface area contributed by atoms with Gasteiger partial charge in [0.25, 0.3) is 5.91 Å². The van der Waals surface area contributed by atoms with E-state index in [1.807, 2.05) is 29.8 Å². The summed E-state index contributed by atoms with van der Waals surface area (Å²) in [7, 11) is 1.96. The molecule has 8 nitrogen and oxygen atoms in total. The molecule has 0 unspecified atom stereocenters. The van der Waals surface area contributed by atoms with Gasteiger partial charge in [0.1, 0.15) is 17.8 Å². The van der Waals surface area contributed by atoms with Gasteiger partial charge in [0, 0.05) is 37.2 Å². The van der Waals surface area contributed by atoms with Crippen LogP contribution < -0.4 is 10.6 Å². The van der Waals surface area contributed by atoms with Gasteiger partial charge in [-0.3, -0.25) is 4.79 Å². The lowest BCUT2D eigenvalue weighted by molar-refractivity contribution is 0.102. The minimum Gasteiger partial charge on any atom is -0.321 e. The van der Waals surface area contributed by atoms with E-state index in [1.165, 1.54) is 56.1 Å². The number of benzene rings is 1. The molecule has 3 aromatic rings. The number of carbonyl (C=O) groups is 1. The number of pyridine rings is 1. The van der Waals surface area contributed by atoms with Crippen LogP contribution in [-0.2, 0) is 30.8 Å². The molecule has 8 heteroatoms. The summed E-state index contributed by atoms with van der Waals surface area (Å²) in [4.78, 5) is 18.7. The molecular weight excluding hydrogens is 534 g/mol. The Bertz CT molecular complexity index is 1500. The molecule has 1 aromatic carbocycles. The molecule has 2 N–H and O–H groups in total. The van der Waals surface area contributed by atoms with Crippen molar-refractivity contribution < 1.29 is 4.79 Å². The van der Waals surface area contributed by atoms with Gasteiger partial charge in [-0.05, 0) is 79.3 Å². The van der Waals surface area contributed by atoms with Gasteiger partial charge in [-0.2, -0.15) is 5.26 Å². The molecule has 0 radical (unpaired) electrons.